The maximum absolute atomic E-state index is 14.3. The Bertz CT molecular complexity index is 1600. The predicted octanol–water partition coefficient (Wildman–Crippen LogP) is 5.49. The largest absolute Gasteiger partial charge is 0.465 e. The van der Waals surface area contributed by atoms with Gasteiger partial charge in [-0.1, -0.05) is 12.1 Å². The monoisotopic (exact) mass is 601 g/mol. The van der Waals surface area contributed by atoms with Crippen molar-refractivity contribution in [1.29, 1.82) is 0 Å². The van der Waals surface area contributed by atoms with E-state index in [0.29, 0.717) is 11.8 Å². The van der Waals surface area contributed by atoms with Gasteiger partial charge in [0.25, 0.3) is 10.0 Å². The molecule has 1 N–H and O–H groups in total. The number of hydrogen-bond donors (Lipinski definition) is 1. The molecule has 3 aromatic rings. The molecule has 0 aromatic heterocycles. The van der Waals surface area contributed by atoms with Crippen LogP contribution >= 0.6 is 0 Å². The average Bonchev–Trinajstić information content (AvgIpc) is 2.90. The van der Waals surface area contributed by atoms with Crippen molar-refractivity contribution in [2.24, 2.45) is 0 Å². The Morgan fingerprint density at radius 1 is 0.951 bits per heavy atom. The predicted molar refractivity (Wildman–Crippen MR) is 135 cm³/mol. The van der Waals surface area contributed by atoms with Crippen LogP contribution in [0.15, 0.2) is 65.6 Å². The van der Waals surface area contributed by atoms with Gasteiger partial charge in [0, 0.05) is 25.7 Å². The van der Waals surface area contributed by atoms with Crippen LogP contribution in [-0.4, -0.2) is 63.3 Å². The van der Waals surface area contributed by atoms with E-state index in [2.05, 4.69) is 4.74 Å². The van der Waals surface area contributed by atoms with Crippen molar-refractivity contribution in [3.63, 3.8) is 0 Å². The number of benzene rings is 3. The quantitative estimate of drug-likeness (QED) is 0.389. The van der Waals surface area contributed by atoms with Crippen LogP contribution in [0, 0.1) is 5.82 Å². The van der Waals surface area contributed by atoms with Gasteiger partial charge >= 0.3 is 18.9 Å². The molecule has 0 bridgehead atoms. The van der Waals surface area contributed by atoms with Gasteiger partial charge in [-0.3, -0.25) is 4.31 Å². The van der Waals surface area contributed by atoms with Crippen LogP contribution in [0.1, 0.15) is 5.56 Å². The van der Waals surface area contributed by atoms with Crippen LogP contribution in [0.4, 0.5) is 42.5 Å². The van der Waals surface area contributed by atoms with Crippen molar-refractivity contribution in [2.75, 3.05) is 35.4 Å². The van der Waals surface area contributed by atoms with E-state index in [9.17, 15) is 44.7 Å². The number of fused-ring (bicyclic) bond motifs is 3. The molecule has 0 aliphatic carbocycles. The van der Waals surface area contributed by atoms with E-state index in [4.69, 9.17) is 0 Å². The van der Waals surface area contributed by atoms with Gasteiger partial charge in [0.05, 0.1) is 34.4 Å². The highest BCUT2D eigenvalue weighted by Crippen LogP contribution is 2.43. The molecule has 0 saturated carbocycles. The Hall–Kier alpha value is -4.14. The molecule has 1 amide bonds. The highest BCUT2D eigenvalue weighted by Gasteiger charge is 2.41. The van der Waals surface area contributed by atoms with Crippen LogP contribution in [0.25, 0.3) is 11.1 Å². The topological polar surface area (TPSA) is 90.4 Å². The second-order valence-electron chi connectivity index (χ2n) is 9.40. The van der Waals surface area contributed by atoms with Crippen molar-refractivity contribution in [2.45, 2.75) is 23.7 Å². The lowest BCUT2D eigenvalue weighted by atomic mass is 10.00. The Labute approximate surface area is 230 Å². The summed E-state index contributed by atoms with van der Waals surface area (Å²) in [6, 6.07) is 9.86. The minimum atomic E-state index is -4.81. The molecule has 3 aromatic carbocycles. The third-order valence-corrected chi connectivity index (χ3v) is 8.64. The van der Waals surface area contributed by atoms with Gasteiger partial charge in [0.1, 0.15) is 11.6 Å². The van der Waals surface area contributed by atoms with Gasteiger partial charge in [-0.15, -0.1) is 0 Å². The van der Waals surface area contributed by atoms with Crippen molar-refractivity contribution in [3.05, 3.63) is 72.0 Å². The van der Waals surface area contributed by atoms with Crippen molar-refractivity contribution < 1.29 is 49.4 Å². The molecule has 1 fully saturated rings. The Kier molecular flexibility index (Phi) is 7.17. The number of carboxylic acid groups (broad SMARTS) is 1. The fourth-order valence-electron chi connectivity index (χ4n) is 5.03. The zero-order valence-electron chi connectivity index (χ0n) is 20.9. The third kappa shape index (κ3) is 5.58. The number of sulfonamides is 1. The molecule has 41 heavy (non-hydrogen) atoms. The van der Waals surface area contributed by atoms with Crippen LogP contribution in [0.3, 0.4) is 0 Å². The van der Waals surface area contributed by atoms with Crippen LogP contribution in [-0.2, 0) is 16.2 Å². The minimum Gasteiger partial charge on any atom is -0.465 e. The molecule has 2 aliphatic rings. The zero-order valence-corrected chi connectivity index (χ0v) is 21.7. The molecule has 2 heterocycles. The number of halogens is 6. The standard InChI is InChI=1S/C26H21F6N3O5S/c27-18-8-16(9-20(12-18)40-24(28)29)15-4-5-22-23(10-15)35(14-19-13-33(25(36)37)6-7-34(19)22)41(38,39)21-3-1-2-17(11-21)26(30,31)32/h1-5,8-12,19,24H,6-7,13-14H2,(H,36,37). The SMILES string of the molecule is O=C(O)N1CCN2c3ccc(-c4cc(F)cc(OC(F)F)c4)cc3N(S(=O)(=O)c3cccc(C(F)(F)F)c3)CC2C1. The Balaban J connectivity index is 1.64. The lowest BCUT2D eigenvalue weighted by Gasteiger charge is -2.48. The number of ether oxygens (including phenoxy) is 1. The second-order valence-corrected chi connectivity index (χ2v) is 11.3. The number of rotatable bonds is 5. The molecule has 0 radical (unpaired) electrons. The Morgan fingerprint density at radius 2 is 1.71 bits per heavy atom. The summed E-state index contributed by atoms with van der Waals surface area (Å²) >= 11 is 0. The summed E-state index contributed by atoms with van der Waals surface area (Å²) in [5, 5.41) is 9.48. The lowest BCUT2D eigenvalue weighted by Crippen LogP contribution is -2.61. The first-order valence-corrected chi connectivity index (χ1v) is 13.5. The second kappa shape index (κ2) is 10.4. The zero-order chi connectivity index (χ0) is 29.7. The first kappa shape index (κ1) is 28.4. The first-order chi connectivity index (χ1) is 19.2. The van der Waals surface area contributed by atoms with Crippen LogP contribution in [0.5, 0.6) is 5.75 Å². The summed E-state index contributed by atoms with van der Waals surface area (Å²) in [5.74, 6) is -1.36. The summed E-state index contributed by atoms with van der Waals surface area (Å²) in [4.78, 5) is 13.9. The summed E-state index contributed by atoms with van der Waals surface area (Å²) in [6.07, 6.45) is -6.01. The lowest BCUT2D eigenvalue weighted by molar-refractivity contribution is -0.137. The summed E-state index contributed by atoms with van der Waals surface area (Å²) in [5.41, 5.74) is -0.481. The average molecular weight is 602 g/mol. The molecule has 5 rings (SSSR count). The fourth-order valence-corrected chi connectivity index (χ4v) is 6.58. The van der Waals surface area contributed by atoms with Crippen molar-refractivity contribution >= 4 is 27.5 Å². The number of carbonyl (C=O) groups is 1. The molecule has 0 spiro atoms. The van der Waals surface area contributed by atoms with Gasteiger partial charge < -0.3 is 19.6 Å². The Morgan fingerprint density at radius 3 is 2.39 bits per heavy atom. The summed E-state index contributed by atoms with van der Waals surface area (Å²) in [6.45, 7) is -3.27. The highest BCUT2D eigenvalue weighted by molar-refractivity contribution is 7.92. The van der Waals surface area contributed by atoms with Gasteiger partial charge in [-0.05, 0) is 53.6 Å². The number of piperazine rings is 1. The normalized spacial score (nSPS) is 17.3. The molecular formula is C26H21F6N3O5S. The van der Waals surface area contributed by atoms with Gasteiger partial charge in [-0.2, -0.15) is 22.0 Å². The van der Waals surface area contributed by atoms with E-state index in [1.54, 1.807) is 4.90 Å². The van der Waals surface area contributed by atoms with E-state index < -0.39 is 57.0 Å². The molecular weight excluding hydrogens is 580 g/mol. The van der Waals surface area contributed by atoms with Gasteiger partial charge in [0.2, 0.25) is 0 Å². The highest BCUT2D eigenvalue weighted by atomic mass is 32.2. The molecule has 1 unspecified atom stereocenters. The molecule has 218 valence electrons. The fraction of sp³-hybridized carbons (Fsp3) is 0.269. The smallest absolute Gasteiger partial charge is 0.416 e. The third-order valence-electron chi connectivity index (χ3n) is 6.86. The van der Waals surface area contributed by atoms with Crippen LogP contribution < -0.4 is 13.9 Å². The number of hydrogen-bond acceptors (Lipinski definition) is 5. The molecule has 2 aliphatic heterocycles. The number of alkyl halides is 5. The molecule has 15 heteroatoms. The van der Waals surface area contributed by atoms with Crippen molar-refractivity contribution in [1.82, 2.24) is 4.90 Å². The maximum Gasteiger partial charge on any atom is 0.416 e. The van der Waals surface area contributed by atoms with E-state index in [0.717, 1.165) is 45.6 Å². The first-order valence-electron chi connectivity index (χ1n) is 12.1. The molecule has 1 atom stereocenters. The van der Waals surface area contributed by atoms with Crippen LogP contribution in [0.2, 0.25) is 0 Å². The van der Waals surface area contributed by atoms with E-state index >= 15 is 0 Å². The van der Waals surface area contributed by atoms with E-state index in [1.807, 2.05) is 0 Å². The number of nitrogens with zero attached hydrogens (tertiary/aromatic N) is 3. The number of anilines is 2. The maximum atomic E-state index is 14.3. The van der Waals surface area contributed by atoms with Gasteiger partial charge in [-0.25, -0.2) is 17.6 Å². The molecule has 1 saturated heterocycles. The van der Waals surface area contributed by atoms with E-state index in [1.165, 1.54) is 18.2 Å². The van der Waals surface area contributed by atoms with E-state index in [-0.39, 0.29) is 43.0 Å². The summed E-state index contributed by atoms with van der Waals surface area (Å²) in [7, 11) is -4.63. The summed E-state index contributed by atoms with van der Waals surface area (Å²) < 4.78 is 113. The number of amides is 1. The molecule has 8 nitrogen and oxygen atoms in total. The van der Waals surface area contributed by atoms with Crippen molar-refractivity contribution in [3.8, 4) is 16.9 Å². The van der Waals surface area contributed by atoms with Gasteiger partial charge in [0.15, 0.2) is 0 Å². The minimum absolute atomic E-state index is 0.0422.